The Kier molecular flexibility index (Phi) is 7.09. The van der Waals surface area contributed by atoms with E-state index in [1.165, 1.54) is 6.07 Å². The van der Waals surface area contributed by atoms with Crippen LogP contribution in [0.4, 0.5) is 26.3 Å². The quantitative estimate of drug-likeness (QED) is 0.376. The van der Waals surface area contributed by atoms with Crippen molar-refractivity contribution in [3.63, 3.8) is 0 Å². The van der Waals surface area contributed by atoms with Crippen molar-refractivity contribution in [3.8, 4) is 0 Å². The average Bonchev–Trinajstić information content (AvgIpc) is 2.48. The molecule has 136 valence electrons. The molecule has 0 bridgehead atoms. The minimum absolute atomic E-state index is 0.0221. The number of hydrogen-bond acceptors (Lipinski definition) is 3. The molecule has 24 heavy (non-hydrogen) atoms. The van der Waals surface area contributed by atoms with Gasteiger partial charge in [-0.15, -0.1) is 0 Å². The second-order valence-corrected chi connectivity index (χ2v) is 4.54. The number of ether oxygens (including phenoxy) is 3. The lowest BCUT2D eigenvalue weighted by atomic mass is 9.92. The zero-order valence-corrected chi connectivity index (χ0v) is 12.5. The number of alkyl halides is 6. The second kappa shape index (κ2) is 8.39. The van der Waals surface area contributed by atoms with E-state index in [-0.39, 0.29) is 13.2 Å². The van der Waals surface area contributed by atoms with Crippen LogP contribution < -0.4 is 0 Å². The summed E-state index contributed by atoms with van der Waals surface area (Å²) in [6.07, 6.45) is -10.3. The fourth-order valence-corrected chi connectivity index (χ4v) is 1.95. The summed E-state index contributed by atoms with van der Waals surface area (Å²) >= 11 is 0. The third-order valence-corrected chi connectivity index (χ3v) is 2.99. The third kappa shape index (κ3) is 4.64. The Bertz CT molecular complexity index is 484. The first kappa shape index (κ1) is 20.3. The number of benzene rings is 1. The van der Waals surface area contributed by atoms with Crippen LogP contribution in [-0.2, 0) is 19.8 Å². The Labute approximate surface area is 134 Å². The standard InChI is InChI=1S/C15H16F6O3/c1-2-22-8-9-23-10-11-24-13(14(16,17)18,15(19,20)21)12-6-4-3-5-7-12/h2-7H,1,8-11H2. The van der Waals surface area contributed by atoms with Crippen LogP contribution in [0, 0.1) is 0 Å². The van der Waals surface area contributed by atoms with E-state index in [0.29, 0.717) is 0 Å². The third-order valence-electron chi connectivity index (χ3n) is 2.99. The maximum absolute atomic E-state index is 13.3. The van der Waals surface area contributed by atoms with E-state index < -0.39 is 36.7 Å². The van der Waals surface area contributed by atoms with Crippen LogP contribution in [0.15, 0.2) is 43.2 Å². The van der Waals surface area contributed by atoms with Crippen molar-refractivity contribution in [1.82, 2.24) is 0 Å². The molecule has 0 spiro atoms. The Morgan fingerprint density at radius 2 is 1.38 bits per heavy atom. The van der Waals surface area contributed by atoms with Gasteiger partial charge in [-0.25, -0.2) is 0 Å². The van der Waals surface area contributed by atoms with Gasteiger partial charge in [0.15, 0.2) is 0 Å². The lowest BCUT2D eigenvalue weighted by Gasteiger charge is -2.37. The molecule has 0 saturated carbocycles. The molecule has 1 aromatic rings. The van der Waals surface area contributed by atoms with E-state index in [1.807, 2.05) is 0 Å². The molecule has 1 rings (SSSR count). The highest BCUT2D eigenvalue weighted by atomic mass is 19.4. The van der Waals surface area contributed by atoms with Crippen LogP contribution >= 0.6 is 0 Å². The van der Waals surface area contributed by atoms with Gasteiger partial charge < -0.3 is 14.2 Å². The van der Waals surface area contributed by atoms with E-state index in [1.54, 1.807) is 0 Å². The number of halogens is 6. The summed E-state index contributed by atoms with van der Waals surface area (Å²) in [7, 11) is 0. The molecule has 0 atom stereocenters. The zero-order valence-electron chi connectivity index (χ0n) is 12.5. The zero-order chi connectivity index (χ0) is 18.3. The molecular formula is C15H16F6O3. The van der Waals surface area contributed by atoms with Gasteiger partial charge in [-0.1, -0.05) is 36.9 Å². The first-order valence-electron chi connectivity index (χ1n) is 6.80. The van der Waals surface area contributed by atoms with Crippen molar-refractivity contribution in [2.45, 2.75) is 18.0 Å². The van der Waals surface area contributed by atoms with Crippen molar-refractivity contribution in [2.75, 3.05) is 26.4 Å². The first-order chi connectivity index (χ1) is 11.2. The van der Waals surface area contributed by atoms with Crippen molar-refractivity contribution in [2.24, 2.45) is 0 Å². The predicted molar refractivity (Wildman–Crippen MR) is 73.2 cm³/mol. The summed E-state index contributed by atoms with van der Waals surface area (Å²) in [5.41, 5.74) is -5.46. The summed E-state index contributed by atoms with van der Waals surface area (Å²) in [5, 5.41) is 0. The minimum Gasteiger partial charge on any atom is -0.499 e. The summed E-state index contributed by atoms with van der Waals surface area (Å²) in [6.45, 7) is 1.96. The Morgan fingerprint density at radius 1 is 0.833 bits per heavy atom. The van der Waals surface area contributed by atoms with Gasteiger partial charge in [-0.3, -0.25) is 0 Å². The molecule has 0 aliphatic rings. The second-order valence-electron chi connectivity index (χ2n) is 4.54. The van der Waals surface area contributed by atoms with Crippen molar-refractivity contribution < 1.29 is 40.6 Å². The van der Waals surface area contributed by atoms with Crippen LogP contribution in [0.3, 0.4) is 0 Å². The summed E-state index contributed by atoms with van der Waals surface area (Å²) in [5.74, 6) is 0. The van der Waals surface area contributed by atoms with Crippen LogP contribution in [0.5, 0.6) is 0 Å². The monoisotopic (exact) mass is 358 g/mol. The molecule has 0 fully saturated rings. The van der Waals surface area contributed by atoms with Crippen molar-refractivity contribution in [3.05, 3.63) is 48.7 Å². The van der Waals surface area contributed by atoms with E-state index in [4.69, 9.17) is 9.47 Å². The fourth-order valence-electron chi connectivity index (χ4n) is 1.95. The smallest absolute Gasteiger partial charge is 0.430 e. The average molecular weight is 358 g/mol. The molecule has 0 aliphatic heterocycles. The lowest BCUT2D eigenvalue weighted by Crippen LogP contribution is -2.56. The minimum atomic E-state index is -5.70. The topological polar surface area (TPSA) is 27.7 Å². The number of rotatable bonds is 9. The van der Waals surface area contributed by atoms with Gasteiger partial charge in [0, 0.05) is 5.56 Å². The van der Waals surface area contributed by atoms with E-state index in [9.17, 15) is 26.3 Å². The van der Waals surface area contributed by atoms with Gasteiger partial charge in [-0.05, 0) is 0 Å². The Balaban J connectivity index is 2.92. The van der Waals surface area contributed by atoms with Crippen molar-refractivity contribution in [1.29, 1.82) is 0 Å². The largest absolute Gasteiger partial charge is 0.499 e. The first-order valence-corrected chi connectivity index (χ1v) is 6.80. The number of hydrogen-bond donors (Lipinski definition) is 0. The van der Waals surface area contributed by atoms with Crippen LogP contribution in [0.25, 0.3) is 0 Å². The Morgan fingerprint density at radius 3 is 1.88 bits per heavy atom. The summed E-state index contributed by atoms with van der Waals surface area (Å²) < 4.78 is 93.8. The van der Waals surface area contributed by atoms with Gasteiger partial charge >= 0.3 is 12.4 Å². The molecular weight excluding hydrogens is 342 g/mol. The molecule has 0 radical (unpaired) electrons. The van der Waals surface area contributed by atoms with Crippen LogP contribution in [0.2, 0.25) is 0 Å². The van der Waals surface area contributed by atoms with Crippen LogP contribution in [-0.4, -0.2) is 38.8 Å². The highest BCUT2D eigenvalue weighted by Crippen LogP contribution is 2.52. The maximum Gasteiger partial charge on any atom is 0.430 e. The van der Waals surface area contributed by atoms with Gasteiger partial charge in [0.05, 0.1) is 26.1 Å². The highest BCUT2D eigenvalue weighted by molar-refractivity contribution is 5.27. The summed E-state index contributed by atoms with van der Waals surface area (Å²) in [6, 6.07) is 4.91. The fraction of sp³-hybridized carbons (Fsp3) is 0.467. The maximum atomic E-state index is 13.3. The molecule has 1 aromatic carbocycles. The molecule has 0 saturated heterocycles. The lowest BCUT2D eigenvalue weighted by molar-refractivity contribution is -0.390. The van der Waals surface area contributed by atoms with Gasteiger partial charge in [-0.2, -0.15) is 26.3 Å². The van der Waals surface area contributed by atoms with Gasteiger partial charge in [0.25, 0.3) is 5.60 Å². The Hall–Kier alpha value is -1.74. The van der Waals surface area contributed by atoms with E-state index >= 15 is 0 Å². The van der Waals surface area contributed by atoms with E-state index in [0.717, 1.165) is 30.5 Å². The predicted octanol–water partition coefficient (Wildman–Crippen LogP) is 4.20. The molecule has 9 heteroatoms. The van der Waals surface area contributed by atoms with Gasteiger partial charge in [0.2, 0.25) is 0 Å². The van der Waals surface area contributed by atoms with E-state index in [2.05, 4.69) is 11.3 Å². The van der Waals surface area contributed by atoms with Crippen LogP contribution in [0.1, 0.15) is 5.56 Å². The SMILES string of the molecule is C=COCCOCCOC(c1ccccc1)(C(F)(F)F)C(F)(F)F. The molecule has 0 aromatic heterocycles. The molecule has 0 heterocycles. The highest BCUT2D eigenvalue weighted by Gasteiger charge is 2.73. The molecule has 3 nitrogen and oxygen atoms in total. The molecule has 0 unspecified atom stereocenters. The van der Waals surface area contributed by atoms with Crippen molar-refractivity contribution >= 4 is 0 Å². The van der Waals surface area contributed by atoms with Gasteiger partial charge in [0.1, 0.15) is 6.61 Å². The normalized spacial score (nSPS) is 12.9. The molecule has 0 aliphatic carbocycles. The summed E-state index contributed by atoms with van der Waals surface area (Å²) in [4.78, 5) is 0. The molecule has 0 amide bonds. The molecule has 0 N–H and O–H groups in total.